The molecule has 0 atom stereocenters. The monoisotopic (exact) mass is 295 g/mol. The molecule has 0 radical (unpaired) electrons. The van der Waals surface area contributed by atoms with Gasteiger partial charge in [0.25, 0.3) is 0 Å². The molecule has 1 aromatic carbocycles. The first-order valence-electron chi connectivity index (χ1n) is 6.72. The fourth-order valence-electron chi connectivity index (χ4n) is 2.70. The summed E-state index contributed by atoms with van der Waals surface area (Å²) in [5, 5.41) is 3.70. The molecule has 17 heavy (non-hydrogen) atoms. The number of rotatable bonds is 3. The van der Waals surface area contributed by atoms with Gasteiger partial charge in [0.05, 0.1) is 0 Å². The van der Waals surface area contributed by atoms with Gasteiger partial charge in [-0.25, -0.2) is 0 Å². The first-order valence-corrected chi connectivity index (χ1v) is 7.51. The lowest BCUT2D eigenvalue weighted by atomic mass is 9.84. The minimum atomic E-state index is 0.672. The predicted molar refractivity (Wildman–Crippen MR) is 78.5 cm³/mol. The van der Waals surface area contributed by atoms with E-state index in [0.717, 1.165) is 5.92 Å². The van der Waals surface area contributed by atoms with Crippen molar-refractivity contribution in [3.8, 4) is 0 Å². The van der Waals surface area contributed by atoms with Crippen molar-refractivity contribution in [1.82, 2.24) is 0 Å². The third kappa shape index (κ3) is 3.25. The molecule has 1 fully saturated rings. The van der Waals surface area contributed by atoms with Crippen LogP contribution in [0.1, 0.15) is 44.6 Å². The summed E-state index contributed by atoms with van der Waals surface area (Å²) in [6.07, 6.45) is 6.78. The SMILES string of the molecule is CCC1CCC(Nc2cccc(Br)c2C)CC1. The van der Waals surface area contributed by atoms with Gasteiger partial charge in [0.1, 0.15) is 0 Å². The van der Waals surface area contributed by atoms with E-state index in [9.17, 15) is 0 Å². The Morgan fingerprint density at radius 1 is 1.24 bits per heavy atom. The second-order valence-corrected chi connectivity index (χ2v) is 6.04. The van der Waals surface area contributed by atoms with Crippen molar-refractivity contribution in [3.63, 3.8) is 0 Å². The van der Waals surface area contributed by atoms with Crippen LogP contribution in [0.3, 0.4) is 0 Å². The molecule has 1 N–H and O–H groups in total. The maximum Gasteiger partial charge on any atom is 0.0383 e. The first kappa shape index (κ1) is 12.9. The number of anilines is 1. The average molecular weight is 296 g/mol. The highest BCUT2D eigenvalue weighted by atomic mass is 79.9. The van der Waals surface area contributed by atoms with Crippen LogP contribution in [0.4, 0.5) is 5.69 Å². The van der Waals surface area contributed by atoms with Gasteiger partial charge in [0.15, 0.2) is 0 Å². The van der Waals surface area contributed by atoms with Crippen LogP contribution in [-0.4, -0.2) is 6.04 Å². The fraction of sp³-hybridized carbons (Fsp3) is 0.600. The molecular weight excluding hydrogens is 274 g/mol. The van der Waals surface area contributed by atoms with Gasteiger partial charge in [0.2, 0.25) is 0 Å². The van der Waals surface area contributed by atoms with Crippen molar-refractivity contribution in [3.05, 3.63) is 28.2 Å². The van der Waals surface area contributed by atoms with Gasteiger partial charge in [-0.3, -0.25) is 0 Å². The van der Waals surface area contributed by atoms with Gasteiger partial charge in [-0.2, -0.15) is 0 Å². The normalized spacial score (nSPS) is 24.6. The number of hydrogen-bond acceptors (Lipinski definition) is 1. The van der Waals surface area contributed by atoms with Crippen molar-refractivity contribution in [1.29, 1.82) is 0 Å². The molecule has 0 aromatic heterocycles. The van der Waals surface area contributed by atoms with Gasteiger partial charge in [-0.15, -0.1) is 0 Å². The Bertz CT molecular complexity index is 367. The molecule has 1 nitrogen and oxygen atoms in total. The summed E-state index contributed by atoms with van der Waals surface area (Å²) in [5.41, 5.74) is 2.62. The van der Waals surface area contributed by atoms with Crippen LogP contribution in [0.25, 0.3) is 0 Å². The standard InChI is InChI=1S/C15H22BrN/c1-3-12-7-9-13(10-8-12)17-15-6-4-5-14(16)11(15)2/h4-6,12-13,17H,3,7-10H2,1-2H3. The zero-order chi connectivity index (χ0) is 12.3. The number of nitrogens with one attached hydrogen (secondary N) is 1. The Kier molecular flexibility index (Phi) is 4.49. The third-order valence-electron chi connectivity index (χ3n) is 4.05. The Morgan fingerprint density at radius 2 is 1.94 bits per heavy atom. The summed E-state index contributed by atoms with van der Waals surface area (Å²) < 4.78 is 1.20. The Labute approximate surface area is 113 Å². The first-order chi connectivity index (χ1) is 8.20. The van der Waals surface area contributed by atoms with Gasteiger partial charge in [-0.1, -0.05) is 35.3 Å². The molecule has 0 unspecified atom stereocenters. The molecule has 0 saturated heterocycles. The van der Waals surface area contributed by atoms with Crippen LogP contribution in [0.15, 0.2) is 22.7 Å². The summed E-state index contributed by atoms with van der Waals surface area (Å²) in [6, 6.07) is 7.07. The van der Waals surface area contributed by atoms with Crippen molar-refractivity contribution in [2.24, 2.45) is 5.92 Å². The molecule has 0 spiro atoms. The molecule has 1 aromatic rings. The van der Waals surface area contributed by atoms with E-state index < -0.39 is 0 Å². The van der Waals surface area contributed by atoms with E-state index in [2.05, 4.69) is 53.3 Å². The van der Waals surface area contributed by atoms with Crippen molar-refractivity contribution in [2.45, 2.75) is 52.0 Å². The maximum absolute atomic E-state index is 3.70. The lowest BCUT2D eigenvalue weighted by Crippen LogP contribution is -2.26. The van der Waals surface area contributed by atoms with E-state index in [-0.39, 0.29) is 0 Å². The molecule has 1 saturated carbocycles. The number of hydrogen-bond donors (Lipinski definition) is 1. The summed E-state index contributed by atoms with van der Waals surface area (Å²) >= 11 is 3.59. The minimum Gasteiger partial charge on any atom is -0.382 e. The van der Waals surface area contributed by atoms with E-state index >= 15 is 0 Å². The third-order valence-corrected chi connectivity index (χ3v) is 4.91. The highest BCUT2D eigenvalue weighted by molar-refractivity contribution is 9.10. The van der Waals surface area contributed by atoms with Gasteiger partial charge < -0.3 is 5.32 Å². The van der Waals surface area contributed by atoms with Gasteiger partial charge in [0, 0.05) is 16.2 Å². The van der Waals surface area contributed by atoms with E-state index in [1.807, 2.05) is 0 Å². The summed E-state index contributed by atoms with van der Waals surface area (Å²) in [5.74, 6) is 0.969. The Balaban J connectivity index is 1.95. The molecule has 0 amide bonds. The second kappa shape index (κ2) is 5.90. The van der Waals surface area contributed by atoms with Crippen molar-refractivity contribution in [2.75, 3.05) is 5.32 Å². The van der Waals surface area contributed by atoms with E-state index in [0.29, 0.717) is 6.04 Å². The van der Waals surface area contributed by atoms with Crippen LogP contribution in [-0.2, 0) is 0 Å². The largest absolute Gasteiger partial charge is 0.382 e. The summed E-state index contributed by atoms with van der Waals surface area (Å²) in [7, 11) is 0. The van der Waals surface area contributed by atoms with Gasteiger partial charge in [-0.05, 0) is 56.2 Å². The van der Waals surface area contributed by atoms with E-state index in [1.54, 1.807) is 0 Å². The molecule has 0 aliphatic heterocycles. The van der Waals surface area contributed by atoms with Crippen molar-refractivity contribution < 1.29 is 0 Å². The highest BCUT2D eigenvalue weighted by Crippen LogP contribution is 2.30. The molecule has 94 valence electrons. The lowest BCUT2D eigenvalue weighted by molar-refractivity contribution is 0.330. The number of benzene rings is 1. The fourth-order valence-corrected chi connectivity index (χ4v) is 3.06. The lowest BCUT2D eigenvalue weighted by Gasteiger charge is -2.29. The Morgan fingerprint density at radius 3 is 2.59 bits per heavy atom. The predicted octanol–water partition coefficient (Wildman–Crippen LogP) is 5.14. The average Bonchev–Trinajstić information content (AvgIpc) is 2.36. The summed E-state index contributed by atoms with van der Waals surface area (Å²) in [6.45, 7) is 4.49. The quantitative estimate of drug-likeness (QED) is 0.814. The van der Waals surface area contributed by atoms with Crippen LogP contribution < -0.4 is 5.32 Å². The Hall–Kier alpha value is -0.500. The van der Waals surface area contributed by atoms with Crippen LogP contribution in [0, 0.1) is 12.8 Å². The molecule has 1 aliphatic carbocycles. The maximum atomic E-state index is 3.70. The van der Waals surface area contributed by atoms with Crippen LogP contribution in [0.5, 0.6) is 0 Å². The van der Waals surface area contributed by atoms with E-state index in [1.165, 1.54) is 47.8 Å². The highest BCUT2D eigenvalue weighted by Gasteiger charge is 2.20. The molecular formula is C15H22BrN. The topological polar surface area (TPSA) is 12.0 Å². The number of halogens is 1. The van der Waals surface area contributed by atoms with E-state index in [4.69, 9.17) is 0 Å². The molecule has 2 rings (SSSR count). The van der Waals surface area contributed by atoms with Crippen LogP contribution in [0.2, 0.25) is 0 Å². The zero-order valence-corrected chi connectivity index (χ0v) is 12.4. The zero-order valence-electron chi connectivity index (χ0n) is 10.8. The molecule has 0 bridgehead atoms. The van der Waals surface area contributed by atoms with Crippen LogP contribution >= 0.6 is 15.9 Å². The minimum absolute atomic E-state index is 0.672. The molecule has 2 heteroatoms. The molecule has 1 aliphatic rings. The second-order valence-electron chi connectivity index (χ2n) is 5.18. The van der Waals surface area contributed by atoms with Crippen molar-refractivity contribution >= 4 is 21.6 Å². The smallest absolute Gasteiger partial charge is 0.0383 e. The van der Waals surface area contributed by atoms with Gasteiger partial charge >= 0.3 is 0 Å². The summed E-state index contributed by atoms with van der Waals surface area (Å²) in [4.78, 5) is 0. The molecule has 0 heterocycles.